The molecule has 6 atom stereocenters. The van der Waals surface area contributed by atoms with Crippen molar-refractivity contribution in [2.45, 2.75) is 29.4 Å². The van der Waals surface area contributed by atoms with E-state index in [1.807, 2.05) is 0 Å². The lowest BCUT2D eigenvalue weighted by Gasteiger charge is -2.14. The molecule has 36 heavy (non-hydrogen) atoms. The molecule has 2 aromatic rings. The highest BCUT2D eigenvalue weighted by atomic mass is 33.1. The monoisotopic (exact) mass is 646 g/mol. The Bertz CT molecular complexity index is 1220. The normalized spacial score (nSPS) is 16.5. The third-order valence-electron chi connectivity index (χ3n) is 4.58. The van der Waals surface area contributed by atoms with Gasteiger partial charge in [0.1, 0.15) is 0 Å². The van der Waals surface area contributed by atoms with Gasteiger partial charge in [0.2, 0.25) is 10.2 Å². The lowest BCUT2D eigenvalue weighted by molar-refractivity contribution is 0.107. The molecule has 0 radical (unpaired) electrons. The maximum atomic E-state index is 13.2. The molecule has 6 unspecified atom stereocenters. The molecule has 0 aliphatic rings. The minimum atomic E-state index is -1.70. The Morgan fingerprint density at radius 2 is 0.694 bits per heavy atom. The smallest absolute Gasteiger partial charge is 0.232 e. The second kappa shape index (κ2) is 13.4. The molecule has 0 bridgehead atoms. The van der Waals surface area contributed by atoms with E-state index in [1.165, 1.54) is 61.8 Å². The number of hydrogen-bond donors (Lipinski definition) is 0. The standard InChI is InChI=1S/C20H22O8S8/c1-31(23)11-7-13(33(3)25)17(14(8-11)34(4)26)19(21)29-30-20(22)18-15(35(5)27)9-12(32(2)24)10-16(18)36(6)28/h7-10H,1-6H3. The van der Waals surface area contributed by atoms with Crippen molar-refractivity contribution >= 4 is 96.6 Å². The van der Waals surface area contributed by atoms with Crippen molar-refractivity contribution in [2.75, 3.05) is 37.5 Å². The van der Waals surface area contributed by atoms with Gasteiger partial charge in [0, 0.05) is 68.9 Å². The van der Waals surface area contributed by atoms with Crippen molar-refractivity contribution in [1.82, 2.24) is 0 Å². The molecule has 0 saturated heterocycles. The molecule has 0 heterocycles. The molecule has 16 heteroatoms. The van der Waals surface area contributed by atoms with E-state index in [1.54, 1.807) is 0 Å². The fraction of sp³-hybridized carbons (Fsp3) is 0.300. The van der Waals surface area contributed by atoms with Crippen LogP contribution < -0.4 is 0 Å². The Morgan fingerprint density at radius 3 is 0.861 bits per heavy atom. The van der Waals surface area contributed by atoms with E-state index in [2.05, 4.69) is 0 Å². The predicted molar refractivity (Wildman–Crippen MR) is 151 cm³/mol. The van der Waals surface area contributed by atoms with E-state index < -0.39 is 75.0 Å². The summed E-state index contributed by atoms with van der Waals surface area (Å²) in [6.07, 6.45) is 8.09. The Hall–Kier alpha value is -0.620. The van der Waals surface area contributed by atoms with Gasteiger partial charge in [-0.25, -0.2) is 0 Å². The minimum Gasteiger partial charge on any atom is -0.281 e. The van der Waals surface area contributed by atoms with Gasteiger partial charge in [-0.15, -0.1) is 0 Å². The Balaban J connectivity index is 2.56. The molecule has 0 fully saturated rings. The first-order chi connectivity index (χ1) is 16.7. The fourth-order valence-electron chi connectivity index (χ4n) is 2.93. The number of hydrogen-bond acceptors (Lipinski definition) is 10. The molecule has 0 saturated carbocycles. The molecular formula is C20H22O8S8. The van der Waals surface area contributed by atoms with E-state index in [4.69, 9.17) is 0 Å². The first-order valence-corrected chi connectivity index (χ1v) is 21.0. The van der Waals surface area contributed by atoms with Gasteiger partial charge in [0.15, 0.2) is 0 Å². The molecular weight excluding hydrogens is 625 g/mol. The van der Waals surface area contributed by atoms with Crippen molar-refractivity contribution in [3.8, 4) is 0 Å². The molecule has 0 aliphatic carbocycles. The SMILES string of the molecule is CS(=O)c1cc(S(C)=O)c(C(=O)SSC(=O)c2c(S(C)=O)cc(S(C)=O)cc2S(C)=O)c(S(C)=O)c1. The number of benzene rings is 2. The minimum absolute atomic E-state index is 0.0407. The lowest BCUT2D eigenvalue weighted by atomic mass is 10.2. The number of rotatable bonds is 8. The summed E-state index contributed by atoms with van der Waals surface area (Å²) in [5.74, 6) is 0. The molecule has 8 nitrogen and oxygen atoms in total. The van der Waals surface area contributed by atoms with Crippen LogP contribution in [0.3, 0.4) is 0 Å². The van der Waals surface area contributed by atoms with E-state index in [0.29, 0.717) is 21.6 Å². The summed E-state index contributed by atoms with van der Waals surface area (Å²) < 4.78 is 73.6. The van der Waals surface area contributed by atoms with Crippen LogP contribution in [0.2, 0.25) is 0 Å². The first-order valence-electron chi connectivity index (χ1n) is 9.47. The quantitative estimate of drug-likeness (QED) is 0.394. The molecule has 0 spiro atoms. The second-order valence-electron chi connectivity index (χ2n) is 7.06. The highest BCUT2D eigenvalue weighted by molar-refractivity contribution is 8.87. The Labute approximate surface area is 232 Å². The average molecular weight is 647 g/mol. The zero-order valence-electron chi connectivity index (χ0n) is 19.8. The molecule has 2 rings (SSSR count). The molecule has 0 N–H and O–H groups in total. The van der Waals surface area contributed by atoms with Gasteiger partial charge in [-0.1, -0.05) is 0 Å². The number of carbonyl (C=O) groups is 2. The van der Waals surface area contributed by atoms with Crippen LogP contribution >= 0.6 is 21.6 Å². The number of carbonyl (C=O) groups excluding carboxylic acids is 2. The molecule has 0 aliphatic heterocycles. The van der Waals surface area contributed by atoms with Crippen LogP contribution in [0.1, 0.15) is 20.7 Å². The van der Waals surface area contributed by atoms with E-state index >= 15 is 0 Å². The summed E-state index contributed by atoms with van der Waals surface area (Å²) in [6, 6.07) is 5.40. The van der Waals surface area contributed by atoms with Gasteiger partial charge < -0.3 is 0 Å². The van der Waals surface area contributed by atoms with Gasteiger partial charge in [0.25, 0.3) is 0 Å². The Morgan fingerprint density at radius 1 is 0.472 bits per heavy atom. The maximum absolute atomic E-state index is 13.2. The van der Waals surface area contributed by atoms with E-state index in [9.17, 15) is 34.8 Å². The fourth-order valence-corrected chi connectivity index (χ4v) is 9.60. The zero-order valence-corrected chi connectivity index (χ0v) is 26.4. The van der Waals surface area contributed by atoms with Crippen molar-refractivity contribution < 1.29 is 34.8 Å². The third-order valence-corrected chi connectivity index (χ3v) is 12.1. The largest absolute Gasteiger partial charge is 0.281 e. The average Bonchev–Trinajstić information content (AvgIpc) is 2.79. The topological polar surface area (TPSA) is 137 Å². The van der Waals surface area contributed by atoms with Crippen LogP contribution in [0.5, 0.6) is 0 Å². The first kappa shape index (κ1) is 31.6. The van der Waals surface area contributed by atoms with Gasteiger partial charge in [-0.3, -0.25) is 34.8 Å². The van der Waals surface area contributed by atoms with E-state index in [0.717, 1.165) is 0 Å². The van der Waals surface area contributed by atoms with Gasteiger partial charge in [-0.05, 0) is 45.9 Å². The summed E-state index contributed by atoms with van der Waals surface area (Å²) in [4.78, 5) is 27.0. The van der Waals surface area contributed by atoms with Crippen molar-refractivity contribution in [1.29, 1.82) is 0 Å². The van der Waals surface area contributed by atoms with Crippen molar-refractivity contribution in [2.24, 2.45) is 0 Å². The molecule has 198 valence electrons. The van der Waals surface area contributed by atoms with Gasteiger partial charge >= 0.3 is 0 Å². The van der Waals surface area contributed by atoms with Crippen LogP contribution in [0.25, 0.3) is 0 Å². The van der Waals surface area contributed by atoms with Crippen LogP contribution in [-0.2, 0) is 64.8 Å². The predicted octanol–water partition coefficient (Wildman–Crippen LogP) is 2.47. The summed E-state index contributed by atoms with van der Waals surface area (Å²) in [5, 5.41) is -1.41. The second-order valence-corrected chi connectivity index (χ2v) is 17.3. The highest BCUT2D eigenvalue weighted by Gasteiger charge is 2.28. The van der Waals surface area contributed by atoms with Crippen LogP contribution in [0.4, 0.5) is 0 Å². The van der Waals surface area contributed by atoms with Crippen molar-refractivity contribution in [3.05, 3.63) is 35.4 Å². The third kappa shape index (κ3) is 7.48. The Kier molecular flexibility index (Phi) is 11.8. The summed E-state index contributed by atoms with van der Waals surface area (Å²) >= 11 is 0. The van der Waals surface area contributed by atoms with Crippen LogP contribution in [0.15, 0.2) is 53.6 Å². The summed E-state index contributed by atoms with van der Waals surface area (Å²) in [7, 11) is -8.79. The lowest BCUT2D eigenvalue weighted by Crippen LogP contribution is -2.11. The summed E-state index contributed by atoms with van der Waals surface area (Å²) in [6.45, 7) is 0. The van der Waals surface area contributed by atoms with Gasteiger partial charge in [0.05, 0.1) is 73.9 Å². The van der Waals surface area contributed by atoms with Gasteiger partial charge in [-0.2, -0.15) is 0 Å². The molecule has 0 aromatic heterocycles. The zero-order chi connectivity index (χ0) is 27.5. The molecule has 2 aromatic carbocycles. The highest BCUT2D eigenvalue weighted by Crippen LogP contribution is 2.37. The van der Waals surface area contributed by atoms with Crippen LogP contribution in [-0.4, -0.2) is 73.0 Å². The molecule has 0 amide bonds. The summed E-state index contributed by atoms with van der Waals surface area (Å²) in [5.41, 5.74) is -0.210. The van der Waals surface area contributed by atoms with E-state index in [-0.39, 0.29) is 40.5 Å². The maximum Gasteiger partial charge on any atom is 0.232 e. The van der Waals surface area contributed by atoms with Crippen LogP contribution in [0, 0.1) is 0 Å². The van der Waals surface area contributed by atoms with Crippen molar-refractivity contribution in [3.63, 3.8) is 0 Å².